The van der Waals surface area contributed by atoms with Gasteiger partial charge in [0.1, 0.15) is 0 Å². The van der Waals surface area contributed by atoms with Crippen LogP contribution in [0.3, 0.4) is 0 Å². The maximum absolute atomic E-state index is 12.3. The number of amides is 1. The molecule has 2 aliphatic rings. The van der Waals surface area contributed by atoms with Gasteiger partial charge in [-0.25, -0.2) is 9.97 Å². The molecule has 0 bridgehead atoms. The van der Waals surface area contributed by atoms with Gasteiger partial charge in [-0.05, 0) is 18.9 Å². The summed E-state index contributed by atoms with van der Waals surface area (Å²) < 4.78 is 0. The molecule has 27 heavy (non-hydrogen) atoms. The SMILES string of the molecule is O=C(C1CC1)N1CCN(c2nc(-c3ccccc3)c3ccccc3n2)CC1. The van der Waals surface area contributed by atoms with Crippen LogP contribution in [0, 0.1) is 5.92 Å². The zero-order valence-corrected chi connectivity index (χ0v) is 15.2. The van der Waals surface area contributed by atoms with Gasteiger partial charge in [0, 0.05) is 43.0 Å². The minimum absolute atomic E-state index is 0.290. The van der Waals surface area contributed by atoms with Crippen molar-refractivity contribution >= 4 is 22.8 Å². The van der Waals surface area contributed by atoms with Crippen LogP contribution in [0.15, 0.2) is 54.6 Å². The van der Waals surface area contributed by atoms with Crippen LogP contribution in [-0.2, 0) is 4.79 Å². The topological polar surface area (TPSA) is 49.3 Å². The van der Waals surface area contributed by atoms with Crippen LogP contribution in [-0.4, -0.2) is 47.0 Å². The molecule has 1 aliphatic carbocycles. The van der Waals surface area contributed by atoms with E-state index in [2.05, 4.69) is 23.1 Å². The van der Waals surface area contributed by atoms with Gasteiger partial charge in [0.15, 0.2) is 0 Å². The fourth-order valence-corrected chi connectivity index (χ4v) is 3.74. The summed E-state index contributed by atoms with van der Waals surface area (Å²) in [5.41, 5.74) is 3.02. The Labute approximate surface area is 158 Å². The van der Waals surface area contributed by atoms with Gasteiger partial charge >= 0.3 is 0 Å². The molecule has 5 rings (SSSR count). The molecule has 2 fully saturated rings. The molecule has 5 nitrogen and oxygen atoms in total. The highest BCUT2D eigenvalue weighted by Crippen LogP contribution is 2.32. The van der Waals surface area contributed by atoms with Crippen LogP contribution < -0.4 is 4.90 Å². The minimum atomic E-state index is 0.290. The van der Waals surface area contributed by atoms with Crippen molar-refractivity contribution in [1.82, 2.24) is 14.9 Å². The Morgan fingerprint density at radius 2 is 1.56 bits per heavy atom. The number of fused-ring (bicyclic) bond motifs is 1. The molecular weight excluding hydrogens is 336 g/mol. The second kappa shape index (κ2) is 6.65. The van der Waals surface area contributed by atoms with E-state index in [0.29, 0.717) is 5.91 Å². The van der Waals surface area contributed by atoms with E-state index in [4.69, 9.17) is 9.97 Å². The minimum Gasteiger partial charge on any atom is -0.339 e. The number of para-hydroxylation sites is 1. The van der Waals surface area contributed by atoms with Crippen molar-refractivity contribution in [1.29, 1.82) is 0 Å². The molecule has 136 valence electrons. The lowest BCUT2D eigenvalue weighted by Gasteiger charge is -2.35. The monoisotopic (exact) mass is 358 g/mol. The van der Waals surface area contributed by atoms with Crippen molar-refractivity contribution in [3.63, 3.8) is 0 Å². The number of anilines is 1. The normalized spacial score (nSPS) is 17.3. The molecule has 5 heteroatoms. The Hall–Kier alpha value is -2.95. The van der Waals surface area contributed by atoms with Crippen LogP contribution in [0.5, 0.6) is 0 Å². The number of nitrogens with zero attached hydrogens (tertiary/aromatic N) is 4. The first-order chi connectivity index (χ1) is 13.3. The van der Waals surface area contributed by atoms with Crippen molar-refractivity contribution in [2.24, 2.45) is 5.92 Å². The number of rotatable bonds is 3. The van der Waals surface area contributed by atoms with Crippen molar-refractivity contribution < 1.29 is 4.79 Å². The Morgan fingerprint density at radius 3 is 2.30 bits per heavy atom. The Morgan fingerprint density at radius 1 is 0.852 bits per heavy atom. The van der Waals surface area contributed by atoms with Gasteiger partial charge in [-0.1, -0.05) is 48.5 Å². The third-order valence-electron chi connectivity index (χ3n) is 5.44. The maximum Gasteiger partial charge on any atom is 0.226 e. The number of carbonyl (C=O) groups is 1. The highest BCUT2D eigenvalue weighted by atomic mass is 16.2. The highest BCUT2D eigenvalue weighted by Gasteiger charge is 2.34. The summed E-state index contributed by atoms with van der Waals surface area (Å²) >= 11 is 0. The van der Waals surface area contributed by atoms with E-state index in [1.807, 2.05) is 41.3 Å². The van der Waals surface area contributed by atoms with Gasteiger partial charge in [0.05, 0.1) is 11.2 Å². The van der Waals surface area contributed by atoms with Crippen LogP contribution in [0.2, 0.25) is 0 Å². The Balaban J connectivity index is 1.46. The molecule has 3 aromatic rings. The summed E-state index contributed by atoms with van der Waals surface area (Å²) in [5.74, 6) is 1.38. The molecule has 0 N–H and O–H groups in total. The highest BCUT2D eigenvalue weighted by molar-refractivity contribution is 5.93. The molecule has 2 heterocycles. The average Bonchev–Trinajstić information content (AvgIpc) is 3.59. The number of carbonyl (C=O) groups excluding carboxylic acids is 1. The molecule has 0 atom stereocenters. The third-order valence-corrected chi connectivity index (χ3v) is 5.44. The first kappa shape index (κ1) is 16.2. The maximum atomic E-state index is 12.3. The molecular formula is C22H22N4O. The summed E-state index contributed by atoms with van der Waals surface area (Å²) in [6, 6.07) is 18.4. The summed E-state index contributed by atoms with van der Waals surface area (Å²) in [4.78, 5) is 26.2. The molecule has 1 saturated heterocycles. The molecule has 0 unspecified atom stereocenters. The predicted octanol–water partition coefficient (Wildman–Crippen LogP) is 3.36. The summed E-state index contributed by atoms with van der Waals surface area (Å²) in [6.45, 7) is 3.08. The van der Waals surface area contributed by atoms with Crippen LogP contribution >= 0.6 is 0 Å². The van der Waals surface area contributed by atoms with Gasteiger partial charge in [-0.2, -0.15) is 0 Å². The lowest BCUT2D eigenvalue weighted by atomic mass is 10.1. The van der Waals surface area contributed by atoms with Crippen molar-refractivity contribution in [3.05, 3.63) is 54.6 Å². The van der Waals surface area contributed by atoms with E-state index < -0.39 is 0 Å². The van der Waals surface area contributed by atoms with Gasteiger partial charge in [-0.3, -0.25) is 4.79 Å². The Kier molecular flexibility index (Phi) is 4.00. The number of hydrogen-bond donors (Lipinski definition) is 0. The van der Waals surface area contributed by atoms with Crippen LogP contribution in [0.4, 0.5) is 5.95 Å². The number of hydrogen-bond acceptors (Lipinski definition) is 4. The smallest absolute Gasteiger partial charge is 0.226 e. The van der Waals surface area contributed by atoms with Gasteiger partial charge in [0.25, 0.3) is 0 Å². The van der Waals surface area contributed by atoms with E-state index in [1.165, 1.54) is 0 Å². The summed E-state index contributed by atoms with van der Waals surface area (Å²) in [5, 5.41) is 1.06. The van der Waals surface area contributed by atoms with Gasteiger partial charge in [-0.15, -0.1) is 0 Å². The fourth-order valence-electron chi connectivity index (χ4n) is 3.74. The molecule has 1 aliphatic heterocycles. The number of benzene rings is 2. The average molecular weight is 358 g/mol. The van der Waals surface area contributed by atoms with Crippen molar-refractivity contribution in [3.8, 4) is 11.3 Å². The Bertz CT molecular complexity index is 976. The molecule has 1 aromatic heterocycles. The molecule has 0 spiro atoms. The quantitative estimate of drug-likeness (QED) is 0.720. The van der Waals surface area contributed by atoms with E-state index in [-0.39, 0.29) is 5.92 Å². The van der Waals surface area contributed by atoms with E-state index >= 15 is 0 Å². The standard InChI is InChI=1S/C22H22N4O/c27-21(17-10-11-17)25-12-14-26(15-13-25)22-23-19-9-5-4-8-18(19)20(24-22)16-6-2-1-3-7-16/h1-9,17H,10-15H2. The van der Waals surface area contributed by atoms with Crippen LogP contribution in [0.25, 0.3) is 22.2 Å². The lowest BCUT2D eigenvalue weighted by Crippen LogP contribution is -2.49. The first-order valence-corrected chi connectivity index (χ1v) is 9.65. The van der Waals surface area contributed by atoms with Gasteiger partial charge in [0.2, 0.25) is 11.9 Å². The fraction of sp³-hybridized carbons (Fsp3) is 0.318. The molecule has 1 saturated carbocycles. The largest absolute Gasteiger partial charge is 0.339 e. The predicted molar refractivity (Wildman–Crippen MR) is 106 cm³/mol. The third kappa shape index (κ3) is 3.14. The van der Waals surface area contributed by atoms with E-state index in [9.17, 15) is 4.79 Å². The van der Waals surface area contributed by atoms with Crippen LogP contribution in [0.1, 0.15) is 12.8 Å². The van der Waals surface area contributed by atoms with E-state index in [0.717, 1.165) is 67.1 Å². The molecule has 0 radical (unpaired) electrons. The molecule has 2 aromatic carbocycles. The first-order valence-electron chi connectivity index (χ1n) is 9.65. The number of aromatic nitrogens is 2. The zero-order chi connectivity index (χ0) is 18.2. The summed E-state index contributed by atoms with van der Waals surface area (Å²) in [6.07, 6.45) is 2.13. The second-order valence-electron chi connectivity index (χ2n) is 7.34. The number of piperazine rings is 1. The second-order valence-corrected chi connectivity index (χ2v) is 7.34. The zero-order valence-electron chi connectivity index (χ0n) is 15.2. The summed E-state index contributed by atoms with van der Waals surface area (Å²) in [7, 11) is 0. The van der Waals surface area contributed by atoms with Crippen molar-refractivity contribution in [2.75, 3.05) is 31.1 Å². The van der Waals surface area contributed by atoms with Crippen molar-refractivity contribution in [2.45, 2.75) is 12.8 Å². The lowest BCUT2D eigenvalue weighted by molar-refractivity contribution is -0.132. The molecule has 1 amide bonds. The van der Waals surface area contributed by atoms with E-state index in [1.54, 1.807) is 0 Å². The van der Waals surface area contributed by atoms with Gasteiger partial charge < -0.3 is 9.80 Å².